The summed E-state index contributed by atoms with van der Waals surface area (Å²) in [6, 6.07) is 8.78. The van der Waals surface area contributed by atoms with Crippen LogP contribution in [0.25, 0.3) is 0 Å². The largest absolute Gasteiger partial charge is 0.342 e. The second-order valence-electron chi connectivity index (χ2n) is 6.39. The lowest BCUT2D eigenvalue weighted by Gasteiger charge is -2.16. The molecule has 144 valence electrons. The Morgan fingerprint density at radius 1 is 1.15 bits per heavy atom. The zero-order chi connectivity index (χ0) is 19.5. The highest BCUT2D eigenvalue weighted by atomic mass is 32.2. The van der Waals surface area contributed by atoms with Crippen LogP contribution in [0.15, 0.2) is 56.4 Å². The first-order chi connectivity index (χ1) is 12.6. The van der Waals surface area contributed by atoms with E-state index in [1.807, 2.05) is 32.7 Å². The van der Waals surface area contributed by atoms with Crippen LogP contribution in [0.4, 0.5) is 0 Å². The summed E-state index contributed by atoms with van der Waals surface area (Å²) in [5.74, 6) is 1.74. The lowest BCUT2D eigenvalue weighted by atomic mass is 9.95. The number of hydrogen-bond donors (Lipinski definition) is 1. The number of thioether (sulfide) groups is 1. The molecule has 1 unspecified atom stereocenters. The standard InChI is InChI=1S/C21H30N2S.C2H6/c1-6-9-16(7-2)14-19-20(18(8-3)21(22-5)23-19)24-17-12-10-15(4)11-13-17;1-2/h8,10-13,16H,6-7,9,14H2,1-5H3,(H,22,23);1-2H3/b18-8-;. The molecule has 1 aromatic carbocycles. The van der Waals surface area contributed by atoms with Gasteiger partial charge >= 0.3 is 0 Å². The van der Waals surface area contributed by atoms with Crippen molar-refractivity contribution in [1.29, 1.82) is 0 Å². The van der Waals surface area contributed by atoms with Crippen molar-refractivity contribution in [3.05, 3.63) is 52.1 Å². The Labute approximate surface area is 165 Å². The molecule has 1 aliphatic heterocycles. The molecule has 2 nitrogen and oxygen atoms in total. The van der Waals surface area contributed by atoms with Crippen LogP contribution in [0.2, 0.25) is 0 Å². The van der Waals surface area contributed by atoms with E-state index in [0.29, 0.717) is 0 Å². The number of nitrogens with zero attached hydrogens (tertiary/aromatic N) is 1. The van der Waals surface area contributed by atoms with Crippen molar-refractivity contribution >= 4 is 17.6 Å². The van der Waals surface area contributed by atoms with Crippen molar-refractivity contribution in [3.63, 3.8) is 0 Å². The molecule has 26 heavy (non-hydrogen) atoms. The topological polar surface area (TPSA) is 24.4 Å². The van der Waals surface area contributed by atoms with Gasteiger partial charge in [-0.2, -0.15) is 0 Å². The van der Waals surface area contributed by atoms with E-state index in [1.165, 1.54) is 45.9 Å². The van der Waals surface area contributed by atoms with Crippen LogP contribution in [0, 0.1) is 12.8 Å². The maximum absolute atomic E-state index is 4.46. The predicted octanol–water partition coefficient (Wildman–Crippen LogP) is 7.12. The summed E-state index contributed by atoms with van der Waals surface area (Å²) in [5.41, 5.74) is 3.88. The van der Waals surface area contributed by atoms with E-state index in [0.717, 1.165) is 18.2 Å². The van der Waals surface area contributed by atoms with E-state index in [1.54, 1.807) is 0 Å². The van der Waals surface area contributed by atoms with Crippen LogP contribution < -0.4 is 5.32 Å². The van der Waals surface area contributed by atoms with E-state index in [2.05, 4.69) is 68.3 Å². The molecule has 1 aliphatic rings. The number of amidine groups is 1. The summed E-state index contributed by atoms with van der Waals surface area (Å²) in [6.45, 7) is 12.8. The van der Waals surface area contributed by atoms with Crippen LogP contribution in [0.1, 0.15) is 65.9 Å². The lowest BCUT2D eigenvalue weighted by molar-refractivity contribution is 0.456. The third-order valence-corrected chi connectivity index (χ3v) is 5.74. The molecule has 0 radical (unpaired) electrons. The Kier molecular flexibility index (Phi) is 10.4. The number of hydrogen-bond acceptors (Lipinski definition) is 2. The minimum Gasteiger partial charge on any atom is -0.342 e. The molecule has 1 atom stereocenters. The minimum absolute atomic E-state index is 0.737. The Morgan fingerprint density at radius 2 is 1.81 bits per heavy atom. The second kappa shape index (κ2) is 12.0. The molecule has 0 spiro atoms. The maximum atomic E-state index is 4.46. The van der Waals surface area contributed by atoms with Gasteiger partial charge in [0.2, 0.25) is 0 Å². The number of aliphatic imine (C=N–C) groups is 1. The van der Waals surface area contributed by atoms with Crippen LogP contribution in [-0.4, -0.2) is 12.9 Å². The molecular formula is C23H36N2S. The first-order valence-corrected chi connectivity index (χ1v) is 10.8. The highest BCUT2D eigenvalue weighted by Gasteiger charge is 2.26. The van der Waals surface area contributed by atoms with Crippen LogP contribution in [-0.2, 0) is 0 Å². The first-order valence-electron chi connectivity index (χ1n) is 10.0. The average molecular weight is 373 g/mol. The zero-order valence-electron chi connectivity index (χ0n) is 17.6. The summed E-state index contributed by atoms with van der Waals surface area (Å²) in [4.78, 5) is 7.09. The zero-order valence-corrected chi connectivity index (χ0v) is 18.5. The third kappa shape index (κ3) is 6.05. The fraction of sp³-hybridized carbons (Fsp3) is 0.522. The summed E-state index contributed by atoms with van der Waals surface area (Å²) in [7, 11) is 1.87. The van der Waals surface area contributed by atoms with E-state index in [-0.39, 0.29) is 0 Å². The summed E-state index contributed by atoms with van der Waals surface area (Å²) < 4.78 is 0. The number of rotatable bonds is 7. The van der Waals surface area contributed by atoms with E-state index < -0.39 is 0 Å². The number of allylic oxidation sites excluding steroid dienone is 2. The predicted molar refractivity (Wildman–Crippen MR) is 119 cm³/mol. The molecular weight excluding hydrogens is 336 g/mol. The Hall–Kier alpha value is -1.48. The quantitative estimate of drug-likeness (QED) is 0.551. The van der Waals surface area contributed by atoms with Crippen molar-refractivity contribution in [2.75, 3.05) is 7.05 Å². The third-order valence-electron chi connectivity index (χ3n) is 4.56. The number of aryl methyl sites for hydroxylation is 1. The minimum atomic E-state index is 0.737. The molecule has 0 aliphatic carbocycles. The van der Waals surface area contributed by atoms with Gasteiger partial charge in [-0.3, -0.25) is 4.99 Å². The molecule has 3 heteroatoms. The van der Waals surface area contributed by atoms with Gasteiger partial charge < -0.3 is 5.32 Å². The van der Waals surface area contributed by atoms with Crippen LogP contribution in [0.3, 0.4) is 0 Å². The molecule has 0 fully saturated rings. The Balaban J connectivity index is 0.00000163. The highest BCUT2D eigenvalue weighted by molar-refractivity contribution is 8.03. The highest BCUT2D eigenvalue weighted by Crippen LogP contribution is 2.39. The van der Waals surface area contributed by atoms with Crippen molar-refractivity contribution in [2.45, 2.75) is 72.1 Å². The summed E-state index contributed by atoms with van der Waals surface area (Å²) in [6.07, 6.45) is 7.05. The van der Waals surface area contributed by atoms with Gasteiger partial charge in [0, 0.05) is 28.1 Å². The van der Waals surface area contributed by atoms with Crippen molar-refractivity contribution in [1.82, 2.24) is 5.32 Å². The summed E-state index contributed by atoms with van der Waals surface area (Å²) >= 11 is 1.86. The lowest BCUT2D eigenvalue weighted by Crippen LogP contribution is -2.18. The maximum Gasteiger partial charge on any atom is 0.133 e. The fourth-order valence-corrected chi connectivity index (χ4v) is 4.20. The SMILES string of the molecule is C/C=C1\C(=NC)NC(CC(CC)CCC)=C1Sc1ccc(C)cc1.CC. The van der Waals surface area contributed by atoms with Crippen LogP contribution in [0.5, 0.6) is 0 Å². The molecule has 0 saturated heterocycles. The molecule has 2 rings (SSSR count). The van der Waals surface area contributed by atoms with Gasteiger partial charge in [0.25, 0.3) is 0 Å². The molecule has 1 aromatic rings. The van der Waals surface area contributed by atoms with E-state index in [4.69, 9.17) is 0 Å². The monoisotopic (exact) mass is 372 g/mol. The Bertz CT molecular complexity index is 639. The summed E-state index contributed by atoms with van der Waals surface area (Å²) in [5, 5.41) is 3.59. The smallest absolute Gasteiger partial charge is 0.133 e. The molecule has 1 N–H and O–H groups in total. The molecule has 0 bridgehead atoms. The molecule has 0 saturated carbocycles. The van der Waals surface area contributed by atoms with Crippen LogP contribution >= 0.6 is 11.8 Å². The van der Waals surface area contributed by atoms with Gasteiger partial charge in [0.1, 0.15) is 5.84 Å². The van der Waals surface area contributed by atoms with E-state index >= 15 is 0 Å². The average Bonchev–Trinajstić information content (AvgIpc) is 3.01. The van der Waals surface area contributed by atoms with Crippen molar-refractivity contribution < 1.29 is 0 Å². The first kappa shape index (κ1) is 22.6. The second-order valence-corrected chi connectivity index (χ2v) is 7.47. The van der Waals surface area contributed by atoms with Gasteiger partial charge in [-0.1, -0.05) is 82.5 Å². The van der Waals surface area contributed by atoms with Gasteiger partial charge in [-0.05, 0) is 38.3 Å². The van der Waals surface area contributed by atoms with Gasteiger partial charge in [0.05, 0.1) is 0 Å². The molecule has 0 aromatic heterocycles. The fourth-order valence-electron chi connectivity index (χ4n) is 3.11. The number of benzene rings is 1. The number of nitrogens with one attached hydrogen (secondary N) is 1. The van der Waals surface area contributed by atoms with Crippen molar-refractivity contribution in [2.24, 2.45) is 10.9 Å². The normalized spacial score (nSPS) is 18.0. The van der Waals surface area contributed by atoms with Gasteiger partial charge in [-0.25, -0.2) is 0 Å². The Morgan fingerprint density at radius 3 is 2.31 bits per heavy atom. The van der Waals surface area contributed by atoms with E-state index in [9.17, 15) is 0 Å². The molecule has 1 heterocycles. The van der Waals surface area contributed by atoms with Gasteiger partial charge in [-0.15, -0.1) is 0 Å². The van der Waals surface area contributed by atoms with Crippen molar-refractivity contribution in [3.8, 4) is 0 Å². The van der Waals surface area contributed by atoms with Gasteiger partial charge in [0.15, 0.2) is 0 Å². The molecule has 0 amide bonds.